The summed E-state index contributed by atoms with van der Waals surface area (Å²) in [5, 5.41) is 8.72. The van der Waals surface area contributed by atoms with E-state index in [1.54, 1.807) is 6.20 Å². The summed E-state index contributed by atoms with van der Waals surface area (Å²) in [6.45, 7) is 1.92. The molecule has 0 aromatic carbocycles. The van der Waals surface area contributed by atoms with E-state index in [4.69, 9.17) is 5.11 Å². The lowest BCUT2D eigenvalue weighted by Crippen LogP contribution is -1.99. The maximum absolute atomic E-state index is 10.6. The fraction of sp³-hybridized carbons (Fsp3) is 0.400. The van der Waals surface area contributed by atoms with Gasteiger partial charge in [0.2, 0.25) is 0 Å². The van der Waals surface area contributed by atoms with Gasteiger partial charge in [0.15, 0.2) is 0 Å². The average molecular weight is 177 g/mol. The van der Waals surface area contributed by atoms with Gasteiger partial charge in [0.1, 0.15) is 0 Å². The van der Waals surface area contributed by atoms with Gasteiger partial charge in [-0.25, -0.2) is 0 Å². The van der Waals surface area contributed by atoms with Crippen LogP contribution in [0, 0.1) is 12.8 Å². The number of pyridine rings is 1. The van der Waals surface area contributed by atoms with Crippen LogP contribution in [0.15, 0.2) is 18.3 Å². The van der Waals surface area contributed by atoms with Gasteiger partial charge in [-0.3, -0.25) is 9.78 Å². The maximum atomic E-state index is 10.6. The van der Waals surface area contributed by atoms with Crippen molar-refractivity contribution in [2.75, 3.05) is 0 Å². The number of aromatic nitrogens is 1. The number of carboxylic acid groups (broad SMARTS) is 1. The molecule has 3 nitrogen and oxygen atoms in total. The van der Waals surface area contributed by atoms with Crippen LogP contribution in [0.4, 0.5) is 0 Å². The van der Waals surface area contributed by atoms with Gasteiger partial charge in [-0.2, -0.15) is 0 Å². The summed E-state index contributed by atoms with van der Waals surface area (Å²) >= 11 is 0. The fourth-order valence-electron chi connectivity index (χ4n) is 1.53. The van der Waals surface area contributed by atoms with Crippen LogP contribution >= 0.6 is 0 Å². The van der Waals surface area contributed by atoms with E-state index in [9.17, 15) is 4.79 Å². The summed E-state index contributed by atoms with van der Waals surface area (Å²) in [6, 6.07) is 3.89. The van der Waals surface area contributed by atoms with Crippen LogP contribution in [0.3, 0.4) is 0 Å². The molecule has 1 fully saturated rings. The predicted octanol–water partition coefficient (Wildman–Crippen LogP) is 1.58. The number of aryl methyl sites for hydroxylation is 1. The SMILES string of the molecule is Cc1ccc(C2C[C@@H]2C(=O)O)cn1. The molecule has 13 heavy (non-hydrogen) atoms. The Bertz CT molecular complexity index is 331. The molecule has 0 saturated heterocycles. The Labute approximate surface area is 76.4 Å². The molecule has 1 saturated carbocycles. The summed E-state index contributed by atoms with van der Waals surface area (Å²) in [5.74, 6) is -0.666. The molecule has 2 rings (SSSR count). The number of aliphatic carboxylic acids is 1. The molecule has 1 heterocycles. The van der Waals surface area contributed by atoms with Gasteiger partial charge in [0, 0.05) is 11.9 Å². The van der Waals surface area contributed by atoms with E-state index in [1.165, 1.54) is 0 Å². The van der Waals surface area contributed by atoms with Gasteiger partial charge >= 0.3 is 5.97 Å². The number of carboxylic acids is 1. The molecule has 1 unspecified atom stereocenters. The first-order valence-corrected chi connectivity index (χ1v) is 4.34. The van der Waals surface area contributed by atoms with Crippen LogP contribution in [0.5, 0.6) is 0 Å². The van der Waals surface area contributed by atoms with Crippen LogP contribution in [0.2, 0.25) is 0 Å². The molecule has 0 bridgehead atoms. The minimum absolute atomic E-state index is 0.176. The zero-order valence-electron chi connectivity index (χ0n) is 7.40. The topological polar surface area (TPSA) is 50.2 Å². The zero-order chi connectivity index (χ0) is 9.42. The number of hydrogen-bond donors (Lipinski definition) is 1. The Kier molecular flexibility index (Phi) is 1.79. The van der Waals surface area contributed by atoms with Gasteiger partial charge in [-0.15, -0.1) is 0 Å². The lowest BCUT2D eigenvalue weighted by Gasteiger charge is -1.97. The number of hydrogen-bond acceptors (Lipinski definition) is 2. The minimum Gasteiger partial charge on any atom is -0.481 e. The van der Waals surface area contributed by atoms with Crippen molar-refractivity contribution in [3.05, 3.63) is 29.6 Å². The van der Waals surface area contributed by atoms with E-state index in [0.29, 0.717) is 0 Å². The molecule has 0 aliphatic heterocycles. The molecule has 0 amide bonds. The van der Waals surface area contributed by atoms with E-state index in [1.807, 2.05) is 19.1 Å². The fourth-order valence-corrected chi connectivity index (χ4v) is 1.53. The highest BCUT2D eigenvalue weighted by molar-refractivity contribution is 5.75. The highest BCUT2D eigenvalue weighted by Gasteiger charge is 2.44. The number of carbonyl (C=O) groups is 1. The standard InChI is InChI=1S/C10H11NO2/c1-6-2-3-7(5-11-6)8-4-9(8)10(12)13/h2-3,5,8-9H,4H2,1H3,(H,12,13)/t8?,9-/m0/s1. The average Bonchev–Trinajstić information content (AvgIpc) is 2.85. The molecule has 2 atom stereocenters. The Morgan fingerprint density at radius 1 is 1.62 bits per heavy atom. The second-order valence-corrected chi connectivity index (χ2v) is 3.52. The molecule has 1 aromatic rings. The molecule has 0 spiro atoms. The first kappa shape index (κ1) is 8.23. The van der Waals surface area contributed by atoms with Crippen molar-refractivity contribution in [1.29, 1.82) is 0 Å². The van der Waals surface area contributed by atoms with Crippen LogP contribution in [-0.2, 0) is 4.79 Å². The normalized spacial score (nSPS) is 25.6. The molecule has 3 heteroatoms. The summed E-state index contributed by atoms with van der Waals surface area (Å²) in [4.78, 5) is 14.7. The molecular formula is C10H11NO2. The summed E-state index contributed by atoms with van der Waals surface area (Å²) in [6.07, 6.45) is 2.54. The van der Waals surface area contributed by atoms with E-state index in [2.05, 4.69) is 4.98 Å². The Morgan fingerprint density at radius 3 is 2.85 bits per heavy atom. The maximum Gasteiger partial charge on any atom is 0.307 e. The van der Waals surface area contributed by atoms with E-state index in [-0.39, 0.29) is 11.8 Å². The first-order valence-electron chi connectivity index (χ1n) is 4.34. The van der Waals surface area contributed by atoms with Crippen molar-refractivity contribution in [3.8, 4) is 0 Å². The summed E-state index contributed by atoms with van der Waals surface area (Å²) < 4.78 is 0. The second-order valence-electron chi connectivity index (χ2n) is 3.52. The highest BCUT2D eigenvalue weighted by Crippen LogP contribution is 2.47. The van der Waals surface area contributed by atoms with Crippen molar-refractivity contribution in [3.63, 3.8) is 0 Å². The Balaban J connectivity index is 2.12. The zero-order valence-corrected chi connectivity index (χ0v) is 7.40. The Morgan fingerprint density at radius 2 is 2.38 bits per heavy atom. The van der Waals surface area contributed by atoms with Gasteiger partial charge in [0.05, 0.1) is 5.92 Å². The lowest BCUT2D eigenvalue weighted by molar-refractivity contribution is -0.138. The van der Waals surface area contributed by atoms with Crippen molar-refractivity contribution in [2.45, 2.75) is 19.3 Å². The van der Waals surface area contributed by atoms with Crippen molar-refractivity contribution < 1.29 is 9.90 Å². The van der Waals surface area contributed by atoms with Crippen LogP contribution < -0.4 is 0 Å². The smallest absolute Gasteiger partial charge is 0.307 e. The molecule has 0 radical (unpaired) electrons. The molecule has 1 aromatic heterocycles. The van der Waals surface area contributed by atoms with Crippen LogP contribution in [-0.4, -0.2) is 16.1 Å². The van der Waals surface area contributed by atoms with Gasteiger partial charge in [0.25, 0.3) is 0 Å². The first-order chi connectivity index (χ1) is 6.18. The number of nitrogens with zero attached hydrogens (tertiary/aromatic N) is 1. The molecule has 68 valence electrons. The van der Waals surface area contributed by atoms with Gasteiger partial charge in [-0.05, 0) is 30.9 Å². The lowest BCUT2D eigenvalue weighted by atomic mass is 10.1. The minimum atomic E-state index is -0.689. The molecule has 1 N–H and O–H groups in total. The quantitative estimate of drug-likeness (QED) is 0.746. The van der Waals surface area contributed by atoms with Gasteiger partial charge < -0.3 is 5.11 Å². The molecule has 1 aliphatic rings. The third-order valence-corrected chi connectivity index (χ3v) is 2.47. The van der Waals surface area contributed by atoms with E-state index in [0.717, 1.165) is 17.7 Å². The molecule has 1 aliphatic carbocycles. The Hall–Kier alpha value is -1.38. The van der Waals surface area contributed by atoms with E-state index >= 15 is 0 Å². The monoisotopic (exact) mass is 177 g/mol. The van der Waals surface area contributed by atoms with Crippen molar-refractivity contribution >= 4 is 5.97 Å². The van der Waals surface area contributed by atoms with Crippen LogP contribution in [0.25, 0.3) is 0 Å². The predicted molar refractivity (Wildman–Crippen MR) is 47.5 cm³/mol. The summed E-state index contributed by atoms with van der Waals surface area (Å²) in [5.41, 5.74) is 2.02. The molecular weight excluding hydrogens is 166 g/mol. The third kappa shape index (κ3) is 1.54. The second kappa shape index (κ2) is 2.83. The summed E-state index contributed by atoms with van der Waals surface area (Å²) in [7, 11) is 0. The van der Waals surface area contributed by atoms with Gasteiger partial charge in [-0.1, -0.05) is 6.07 Å². The largest absolute Gasteiger partial charge is 0.481 e. The van der Waals surface area contributed by atoms with E-state index < -0.39 is 5.97 Å². The van der Waals surface area contributed by atoms with Crippen LogP contribution in [0.1, 0.15) is 23.6 Å². The number of rotatable bonds is 2. The van der Waals surface area contributed by atoms with Crippen molar-refractivity contribution in [1.82, 2.24) is 4.98 Å². The highest BCUT2D eigenvalue weighted by atomic mass is 16.4. The third-order valence-electron chi connectivity index (χ3n) is 2.47. The van der Waals surface area contributed by atoms with Crippen molar-refractivity contribution in [2.24, 2.45) is 5.92 Å².